The highest BCUT2D eigenvalue weighted by atomic mass is 19.1. The smallest absolute Gasteiger partial charge is 0.270 e. The molecular formula is C13H9FN4O2. The Morgan fingerprint density at radius 3 is 2.80 bits per heavy atom. The first kappa shape index (κ1) is 12.1. The zero-order valence-corrected chi connectivity index (χ0v) is 10.1. The zero-order chi connectivity index (χ0) is 14.3. The number of H-pyrrole nitrogens is 1. The van der Waals surface area contributed by atoms with Gasteiger partial charge in [0.1, 0.15) is 11.3 Å². The monoisotopic (exact) mass is 272 g/mol. The van der Waals surface area contributed by atoms with E-state index in [-0.39, 0.29) is 11.2 Å². The van der Waals surface area contributed by atoms with Crippen LogP contribution in [-0.4, -0.2) is 14.9 Å². The van der Waals surface area contributed by atoms with E-state index in [1.54, 1.807) is 12.1 Å². The van der Waals surface area contributed by atoms with Crippen LogP contribution in [0.1, 0.15) is 0 Å². The number of halogens is 1. The van der Waals surface area contributed by atoms with Gasteiger partial charge in [-0.05, 0) is 18.2 Å². The topological polar surface area (TPSA) is 97.8 Å². The summed E-state index contributed by atoms with van der Waals surface area (Å²) in [6.45, 7) is 0. The average molecular weight is 272 g/mol. The molecule has 0 aliphatic heterocycles. The molecule has 0 aliphatic carbocycles. The Morgan fingerprint density at radius 2 is 2.10 bits per heavy atom. The summed E-state index contributed by atoms with van der Waals surface area (Å²) in [5, 5.41) is 10.8. The fourth-order valence-corrected chi connectivity index (χ4v) is 1.99. The molecule has 0 atom stereocenters. The van der Waals surface area contributed by atoms with Crippen molar-refractivity contribution in [3.05, 3.63) is 52.3 Å². The molecule has 0 fully saturated rings. The predicted molar refractivity (Wildman–Crippen MR) is 72.6 cm³/mol. The minimum absolute atomic E-state index is 0.102. The van der Waals surface area contributed by atoms with Gasteiger partial charge in [-0.1, -0.05) is 6.07 Å². The molecule has 0 bridgehead atoms. The molecule has 1 heterocycles. The molecule has 0 unspecified atom stereocenters. The van der Waals surface area contributed by atoms with Crippen molar-refractivity contribution in [1.29, 1.82) is 0 Å². The van der Waals surface area contributed by atoms with E-state index in [4.69, 9.17) is 5.73 Å². The number of rotatable bonds is 2. The number of nitro groups is 1. The summed E-state index contributed by atoms with van der Waals surface area (Å²) in [5.74, 6) is -0.166. The molecule has 100 valence electrons. The van der Waals surface area contributed by atoms with E-state index in [9.17, 15) is 14.5 Å². The first-order valence-electron chi connectivity index (χ1n) is 5.75. The van der Waals surface area contributed by atoms with Crippen molar-refractivity contribution < 1.29 is 9.31 Å². The second kappa shape index (κ2) is 4.30. The maximum Gasteiger partial charge on any atom is 0.270 e. The zero-order valence-electron chi connectivity index (χ0n) is 10.1. The van der Waals surface area contributed by atoms with E-state index >= 15 is 0 Å². The van der Waals surface area contributed by atoms with Gasteiger partial charge in [0.25, 0.3) is 5.69 Å². The average Bonchev–Trinajstić information content (AvgIpc) is 2.84. The normalized spacial score (nSPS) is 10.8. The summed E-state index contributed by atoms with van der Waals surface area (Å²) in [6.07, 6.45) is 0. The van der Waals surface area contributed by atoms with Crippen LogP contribution in [0.3, 0.4) is 0 Å². The van der Waals surface area contributed by atoms with Crippen molar-refractivity contribution in [1.82, 2.24) is 9.97 Å². The Balaban J connectivity index is 2.22. The number of nitrogens with one attached hydrogen (secondary N) is 1. The molecule has 0 aliphatic rings. The van der Waals surface area contributed by atoms with Gasteiger partial charge < -0.3 is 10.7 Å². The maximum absolute atomic E-state index is 13.6. The van der Waals surface area contributed by atoms with E-state index < -0.39 is 10.7 Å². The molecule has 0 saturated heterocycles. The van der Waals surface area contributed by atoms with Gasteiger partial charge in [0.05, 0.1) is 10.4 Å². The van der Waals surface area contributed by atoms with Crippen LogP contribution in [-0.2, 0) is 0 Å². The van der Waals surface area contributed by atoms with Crippen LogP contribution < -0.4 is 5.73 Å². The quantitative estimate of drug-likeness (QED) is 0.425. The minimum Gasteiger partial charge on any atom is -0.398 e. The lowest BCUT2D eigenvalue weighted by Gasteiger charge is -2.01. The Morgan fingerprint density at radius 1 is 1.30 bits per heavy atom. The van der Waals surface area contributed by atoms with E-state index in [2.05, 4.69) is 9.97 Å². The summed E-state index contributed by atoms with van der Waals surface area (Å²) in [6, 6.07) is 8.56. The lowest BCUT2D eigenvalue weighted by Crippen LogP contribution is -1.94. The molecule has 0 radical (unpaired) electrons. The van der Waals surface area contributed by atoms with E-state index in [0.29, 0.717) is 22.6 Å². The largest absolute Gasteiger partial charge is 0.398 e. The third-order valence-corrected chi connectivity index (χ3v) is 2.97. The molecule has 0 amide bonds. The van der Waals surface area contributed by atoms with Crippen molar-refractivity contribution in [3.8, 4) is 11.4 Å². The summed E-state index contributed by atoms with van der Waals surface area (Å²) in [4.78, 5) is 17.3. The molecule has 3 N–H and O–H groups in total. The van der Waals surface area contributed by atoms with Gasteiger partial charge in [-0.15, -0.1) is 0 Å². The number of aromatic amines is 1. The minimum atomic E-state index is -0.522. The number of hydrogen-bond donors (Lipinski definition) is 2. The first-order chi connectivity index (χ1) is 9.56. The van der Waals surface area contributed by atoms with Gasteiger partial charge in [-0.3, -0.25) is 10.1 Å². The molecule has 1 aromatic heterocycles. The van der Waals surface area contributed by atoms with Gasteiger partial charge >= 0.3 is 0 Å². The van der Waals surface area contributed by atoms with Crippen molar-refractivity contribution in [3.63, 3.8) is 0 Å². The third-order valence-electron chi connectivity index (χ3n) is 2.97. The molecule has 7 heteroatoms. The van der Waals surface area contributed by atoms with Crippen LogP contribution in [0.25, 0.3) is 22.4 Å². The first-order valence-corrected chi connectivity index (χ1v) is 5.75. The highest BCUT2D eigenvalue weighted by Gasteiger charge is 2.15. The Kier molecular flexibility index (Phi) is 2.60. The van der Waals surface area contributed by atoms with Crippen LogP contribution in [0.5, 0.6) is 0 Å². The van der Waals surface area contributed by atoms with E-state index in [1.165, 1.54) is 24.3 Å². The van der Waals surface area contributed by atoms with Crippen molar-refractivity contribution >= 4 is 22.4 Å². The van der Waals surface area contributed by atoms with Crippen LogP contribution in [0, 0.1) is 15.9 Å². The number of nitrogens with two attached hydrogens (primary N) is 1. The van der Waals surface area contributed by atoms with Crippen LogP contribution >= 0.6 is 0 Å². The Hall–Kier alpha value is -2.96. The molecule has 3 rings (SSSR count). The maximum atomic E-state index is 13.6. The summed E-state index contributed by atoms with van der Waals surface area (Å²) in [7, 11) is 0. The SMILES string of the molecule is Nc1ccc([N+](=O)[O-])cc1-c1nc2c(F)cccc2[nH]1. The van der Waals surface area contributed by atoms with Gasteiger partial charge in [-0.25, -0.2) is 9.37 Å². The van der Waals surface area contributed by atoms with Crippen LogP contribution in [0.2, 0.25) is 0 Å². The standard InChI is InChI=1S/C13H9FN4O2/c14-9-2-1-3-11-12(9)17-13(16-11)8-6-7(18(19)20)4-5-10(8)15/h1-6H,15H2,(H,16,17). The van der Waals surface area contributed by atoms with Crippen molar-refractivity contribution in [2.75, 3.05) is 5.73 Å². The lowest BCUT2D eigenvalue weighted by molar-refractivity contribution is -0.384. The summed E-state index contributed by atoms with van der Waals surface area (Å²) < 4.78 is 13.6. The summed E-state index contributed by atoms with van der Waals surface area (Å²) in [5.41, 5.74) is 7.08. The number of benzene rings is 2. The number of nitrogen functional groups attached to an aromatic ring is 1. The fraction of sp³-hybridized carbons (Fsp3) is 0. The van der Waals surface area contributed by atoms with Gasteiger partial charge in [0.2, 0.25) is 0 Å². The van der Waals surface area contributed by atoms with Gasteiger partial charge in [-0.2, -0.15) is 0 Å². The molecule has 6 nitrogen and oxygen atoms in total. The third kappa shape index (κ3) is 1.85. The molecule has 2 aromatic carbocycles. The number of imidazole rings is 1. The van der Waals surface area contributed by atoms with Gasteiger partial charge in [0.15, 0.2) is 5.82 Å². The number of non-ortho nitro benzene ring substituents is 1. The summed E-state index contributed by atoms with van der Waals surface area (Å²) >= 11 is 0. The molecular weight excluding hydrogens is 263 g/mol. The number of hydrogen-bond acceptors (Lipinski definition) is 4. The fourth-order valence-electron chi connectivity index (χ4n) is 1.99. The van der Waals surface area contributed by atoms with Crippen LogP contribution in [0.15, 0.2) is 36.4 Å². The van der Waals surface area contributed by atoms with Gasteiger partial charge in [0, 0.05) is 23.4 Å². The molecule has 0 spiro atoms. The van der Waals surface area contributed by atoms with E-state index in [1.807, 2.05) is 0 Å². The highest BCUT2D eigenvalue weighted by Crippen LogP contribution is 2.29. The molecule has 20 heavy (non-hydrogen) atoms. The lowest BCUT2D eigenvalue weighted by atomic mass is 10.1. The second-order valence-corrected chi connectivity index (χ2v) is 4.25. The highest BCUT2D eigenvalue weighted by molar-refractivity contribution is 5.83. The Bertz CT molecular complexity index is 828. The number of anilines is 1. The van der Waals surface area contributed by atoms with Crippen molar-refractivity contribution in [2.24, 2.45) is 0 Å². The predicted octanol–water partition coefficient (Wildman–Crippen LogP) is 2.86. The molecule has 0 saturated carbocycles. The number of para-hydroxylation sites is 1. The van der Waals surface area contributed by atoms with Crippen molar-refractivity contribution in [2.45, 2.75) is 0 Å². The number of nitrogens with zero attached hydrogens (tertiary/aromatic N) is 2. The number of fused-ring (bicyclic) bond motifs is 1. The number of aromatic nitrogens is 2. The molecule has 3 aromatic rings. The van der Waals surface area contributed by atoms with E-state index in [0.717, 1.165) is 0 Å². The van der Waals surface area contributed by atoms with Crippen LogP contribution in [0.4, 0.5) is 15.8 Å². The number of nitro benzene ring substituents is 1. The second-order valence-electron chi connectivity index (χ2n) is 4.25. The Labute approximate surface area is 112 Å².